The van der Waals surface area contributed by atoms with Gasteiger partial charge in [-0.15, -0.1) is 0 Å². The van der Waals surface area contributed by atoms with Gasteiger partial charge in [0.1, 0.15) is 0 Å². The molecule has 0 aliphatic carbocycles. The van der Waals surface area contributed by atoms with Crippen LogP contribution in [0.25, 0.3) is 0 Å². The number of hydrogen-bond donors (Lipinski definition) is 0. The second-order valence-electron chi connectivity index (χ2n) is 11.0. The standard InChI is InChI=1S/3C10H20O2.Gd/c3*1-4-6-7-8-10(3,5-2)9(11)12;/h3*4-8H2,1-3H3,(H,11,12);/q;;;+3/p-3. The van der Waals surface area contributed by atoms with E-state index < -0.39 is 34.2 Å². The molecule has 0 rings (SSSR count). The molecule has 0 bridgehead atoms. The molecule has 0 aromatic carbocycles. The molecular formula is C30H57GdO6. The normalized spacial score (nSPS) is 15.2. The average Bonchev–Trinajstić information content (AvgIpc) is 2.84. The Bertz CT molecular complexity index is 516. The van der Waals surface area contributed by atoms with Crippen LogP contribution in [0.2, 0.25) is 0 Å². The zero-order chi connectivity index (χ0) is 28.8. The zero-order valence-electron chi connectivity index (χ0n) is 25.4. The largest absolute Gasteiger partial charge is 3.00 e. The molecule has 0 N–H and O–H groups in total. The van der Waals surface area contributed by atoms with Gasteiger partial charge in [-0.2, -0.15) is 0 Å². The van der Waals surface area contributed by atoms with Gasteiger partial charge >= 0.3 is 39.9 Å². The van der Waals surface area contributed by atoms with Crippen molar-refractivity contribution in [3.63, 3.8) is 0 Å². The molecule has 0 aromatic heterocycles. The van der Waals surface area contributed by atoms with Gasteiger partial charge in [0.25, 0.3) is 0 Å². The van der Waals surface area contributed by atoms with Gasteiger partial charge in [-0.3, -0.25) is 0 Å². The van der Waals surface area contributed by atoms with E-state index in [0.717, 1.165) is 77.0 Å². The van der Waals surface area contributed by atoms with Gasteiger partial charge in [-0.05, 0) is 38.5 Å². The molecule has 0 saturated carbocycles. The maximum absolute atomic E-state index is 10.7. The molecular weight excluding hydrogens is 614 g/mol. The van der Waals surface area contributed by atoms with Crippen LogP contribution in [0.1, 0.15) is 159 Å². The summed E-state index contributed by atoms with van der Waals surface area (Å²) >= 11 is 0. The first-order chi connectivity index (χ1) is 16.7. The van der Waals surface area contributed by atoms with Crippen LogP contribution in [-0.2, 0) is 14.4 Å². The van der Waals surface area contributed by atoms with Gasteiger partial charge in [0.05, 0.1) is 0 Å². The van der Waals surface area contributed by atoms with Crippen LogP contribution >= 0.6 is 0 Å². The predicted octanol–water partition coefficient (Wildman–Crippen LogP) is 5.20. The van der Waals surface area contributed by atoms with E-state index in [1.54, 1.807) is 20.8 Å². The topological polar surface area (TPSA) is 120 Å². The molecule has 6 nitrogen and oxygen atoms in total. The van der Waals surface area contributed by atoms with Crippen molar-refractivity contribution < 1.29 is 69.6 Å². The van der Waals surface area contributed by atoms with Gasteiger partial charge in [0.15, 0.2) is 0 Å². The number of carbonyl (C=O) groups excluding carboxylic acids is 3. The van der Waals surface area contributed by atoms with Gasteiger partial charge < -0.3 is 29.7 Å². The minimum atomic E-state index is -0.902. The summed E-state index contributed by atoms with van der Waals surface area (Å²) in [5.74, 6) is -2.71. The SMILES string of the molecule is CCCCCC(C)(CC)C(=O)[O-].CCCCCC(C)(CC)C(=O)[O-].CCCCCC(C)(CC)C(=O)[O-].[Gd+3]. The number of carboxylic acids is 3. The quantitative estimate of drug-likeness (QED) is 0.185. The summed E-state index contributed by atoms with van der Waals surface area (Å²) in [7, 11) is 0. The molecule has 0 saturated heterocycles. The second kappa shape index (κ2) is 24.8. The van der Waals surface area contributed by atoms with Crippen molar-refractivity contribution in [3.05, 3.63) is 0 Å². The Hall–Kier alpha value is -0.265. The van der Waals surface area contributed by atoms with Crippen molar-refractivity contribution in [1.82, 2.24) is 0 Å². The number of rotatable bonds is 18. The molecule has 0 spiro atoms. The van der Waals surface area contributed by atoms with Crippen molar-refractivity contribution in [1.29, 1.82) is 0 Å². The molecule has 221 valence electrons. The first kappa shape index (κ1) is 43.8. The Balaban J connectivity index is -0.000000218. The number of hydrogen-bond acceptors (Lipinski definition) is 6. The van der Waals surface area contributed by atoms with Crippen molar-refractivity contribution in [2.45, 2.75) is 159 Å². The van der Waals surface area contributed by atoms with Gasteiger partial charge in [-0.1, -0.05) is 120 Å². The number of aliphatic carboxylic acids is 3. The third kappa shape index (κ3) is 20.3. The fourth-order valence-electron chi connectivity index (χ4n) is 3.57. The van der Waals surface area contributed by atoms with E-state index in [4.69, 9.17) is 0 Å². The van der Waals surface area contributed by atoms with Crippen LogP contribution < -0.4 is 15.3 Å². The fourth-order valence-corrected chi connectivity index (χ4v) is 3.57. The first-order valence-electron chi connectivity index (χ1n) is 14.3. The summed E-state index contributed by atoms with van der Waals surface area (Å²) in [6.45, 7) is 17.4. The summed E-state index contributed by atoms with van der Waals surface area (Å²) < 4.78 is 0. The summed E-state index contributed by atoms with van der Waals surface area (Å²) in [5.41, 5.74) is -1.81. The van der Waals surface area contributed by atoms with E-state index in [2.05, 4.69) is 20.8 Å². The second-order valence-corrected chi connectivity index (χ2v) is 11.0. The smallest absolute Gasteiger partial charge is 0.550 e. The van der Waals surface area contributed by atoms with E-state index in [-0.39, 0.29) is 39.9 Å². The van der Waals surface area contributed by atoms with Crippen LogP contribution in [0.15, 0.2) is 0 Å². The zero-order valence-corrected chi connectivity index (χ0v) is 27.7. The first-order valence-corrected chi connectivity index (χ1v) is 14.3. The van der Waals surface area contributed by atoms with Crippen molar-refractivity contribution in [2.24, 2.45) is 16.2 Å². The molecule has 3 atom stereocenters. The molecule has 3 unspecified atom stereocenters. The third-order valence-electron chi connectivity index (χ3n) is 7.82. The summed E-state index contributed by atoms with van der Waals surface area (Å²) in [5, 5.41) is 32.2. The van der Waals surface area contributed by atoms with Crippen LogP contribution in [0, 0.1) is 56.2 Å². The van der Waals surface area contributed by atoms with Crippen LogP contribution in [0.3, 0.4) is 0 Å². The molecule has 0 aromatic rings. The Morgan fingerprint density at radius 3 is 0.757 bits per heavy atom. The molecule has 0 aliphatic rings. The molecule has 1 radical (unpaired) electrons. The molecule has 0 fully saturated rings. The summed E-state index contributed by atoms with van der Waals surface area (Å²) in [4.78, 5) is 32.2. The van der Waals surface area contributed by atoms with Crippen LogP contribution in [-0.4, -0.2) is 17.9 Å². The van der Waals surface area contributed by atoms with Gasteiger partial charge in [0, 0.05) is 34.2 Å². The Morgan fingerprint density at radius 1 is 0.459 bits per heavy atom. The van der Waals surface area contributed by atoms with Crippen LogP contribution in [0.5, 0.6) is 0 Å². The van der Waals surface area contributed by atoms with Gasteiger partial charge in [-0.25, -0.2) is 0 Å². The van der Waals surface area contributed by atoms with Gasteiger partial charge in [0.2, 0.25) is 0 Å². The summed E-state index contributed by atoms with van der Waals surface area (Å²) in [6.07, 6.45) is 14.0. The van der Waals surface area contributed by atoms with Crippen molar-refractivity contribution >= 4 is 17.9 Å². The minimum absolute atomic E-state index is 0. The number of carbonyl (C=O) groups is 3. The predicted molar refractivity (Wildman–Crippen MR) is 143 cm³/mol. The van der Waals surface area contributed by atoms with E-state index >= 15 is 0 Å². The molecule has 0 heterocycles. The maximum Gasteiger partial charge on any atom is 3.00 e. The van der Waals surface area contributed by atoms with Crippen molar-refractivity contribution in [3.8, 4) is 0 Å². The van der Waals surface area contributed by atoms with E-state index in [1.165, 1.54) is 0 Å². The number of carboxylic acid groups (broad SMARTS) is 3. The Labute approximate surface area is 260 Å². The monoisotopic (exact) mass is 671 g/mol. The molecule has 0 amide bonds. The third-order valence-corrected chi connectivity index (χ3v) is 7.82. The van der Waals surface area contributed by atoms with Crippen molar-refractivity contribution in [2.75, 3.05) is 0 Å². The average molecular weight is 671 g/mol. The fraction of sp³-hybridized carbons (Fsp3) is 0.900. The number of unbranched alkanes of at least 4 members (excludes halogenated alkanes) is 6. The Morgan fingerprint density at radius 2 is 0.649 bits per heavy atom. The van der Waals surface area contributed by atoms with E-state index in [0.29, 0.717) is 19.3 Å². The van der Waals surface area contributed by atoms with E-state index in [1.807, 2.05) is 20.8 Å². The molecule has 7 heteroatoms. The maximum atomic E-state index is 10.7. The van der Waals surface area contributed by atoms with E-state index in [9.17, 15) is 29.7 Å². The Kier molecular flexibility index (Phi) is 29.3. The molecule has 0 aliphatic heterocycles. The molecule has 37 heavy (non-hydrogen) atoms. The minimum Gasteiger partial charge on any atom is -0.550 e. The summed E-state index contributed by atoms with van der Waals surface area (Å²) in [6, 6.07) is 0. The van der Waals surface area contributed by atoms with Crippen LogP contribution in [0.4, 0.5) is 0 Å².